The average Bonchev–Trinajstić information content (AvgIpc) is 3.32. The number of thioether (sulfide) groups is 1. The van der Waals surface area contributed by atoms with Crippen molar-refractivity contribution in [3.05, 3.63) is 41.4 Å². The van der Waals surface area contributed by atoms with Crippen LogP contribution in [0.2, 0.25) is 0 Å². The van der Waals surface area contributed by atoms with Crippen LogP contribution >= 0.6 is 11.8 Å². The fourth-order valence-corrected chi connectivity index (χ4v) is 3.67. The van der Waals surface area contributed by atoms with Crippen molar-refractivity contribution in [3.8, 4) is 11.6 Å². The lowest BCUT2D eigenvalue weighted by Crippen LogP contribution is -2.10. The fourth-order valence-electron chi connectivity index (χ4n) is 2.88. The van der Waals surface area contributed by atoms with Crippen LogP contribution < -0.4 is 0 Å². The van der Waals surface area contributed by atoms with Gasteiger partial charge in [0.2, 0.25) is 0 Å². The Labute approximate surface area is 156 Å². The van der Waals surface area contributed by atoms with Gasteiger partial charge in [0.25, 0.3) is 0 Å². The number of ketones is 1. The van der Waals surface area contributed by atoms with E-state index in [0.29, 0.717) is 29.1 Å². The molecule has 0 saturated carbocycles. The molecule has 3 aromatic rings. The van der Waals surface area contributed by atoms with Crippen LogP contribution in [-0.2, 0) is 18.3 Å². The van der Waals surface area contributed by atoms with Crippen LogP contribution in [0, 0.1) is 13.8 Å². The topological polar surface area (TPSA) is 75.1 Å². The maximum Gasteiger partial charge on any atom is 0.200 e. The lowest BCUT2D eigenvalue weighted by molar-refractivity contribution is 0.102. The highest BCUT2D eigenvalue weighted by Crippen LogP contribution is 2.24. The quantitative estimate of drug-likeness (QED) is 0.445. The molecule has 0 atom stereocenters. The maximum atomic E-state index is 12.7. The molecule has 0 aliphatic carbocycles. The molecule has 0 N–H and O–H groups in total. The molecule has 3 rings (SSSR count). The Morgan fingerprint density at radius 3 is 2.85 bits per heavy atom. The Bertz CT molecular complexity index is 896. The van der Waals surface area contributed by atoms with Gasteiger partial charge in [-0.05, 0) is 32.0 Å². The lowest BCUT2D eigenvalue weighted by atomic mass is 10.2. The van der Waals surface area contributed by atoms with Crippen LogP contribution in [0.1, 0.15) is 21.7 Å². The Morgan fingerprint density at radius 1 is 1.35 bits per heavy atom. The number of rotatable bonds is 8. The summed E-state index contributed by atoms with van der Waals surface area (Å²) in [6.45, 7) is 5.33. The van der Waals surface area contributed by atoms with E-state index in [1.165, 1.54) is 11.8 Å². The van der Waals surface area contributed by atoms with Gasteiger partial charge in [-0.15, -0.1) is 10.2 Å². The summed E-state index contributed by atoms with van der Waals surface area (Å²) < 4.78 is 14.4. The van der Waals surface area contributed by atoms with Crippen molar-refractivity contribution in [2.75, 3.05) is 19.5 Å². The first-order chi connectivity index (χ1) is 12.5. The van der Waals surface area contributed by atoms with Gasteiger partial charge in [0.05, 0.1) is 18.6 Å². The number of carbonyl (C=O) groups is 1. The number of carbonyl (C=O) groups excluding carboxylic acids is 1. The van der Waals surface area contributed by atoms with Crippen LogP contribution in [0.25, 0.3) is 11.6 Å². The minimum absolute atomic E-state index is 0.0781. The first kappa shape index (κ1) is 18.5. The molecule has 0 radical (unpaired) electrons. The highest BCUT2D eigenvalue weighted by molar-refractivity contribution is 7.99. The van der Waals surface area contributed by atoms with Gasteiger partial charge in [-0.3, -0.25) is 4.79 Å². The van der Waals surface area contributed by atoms with Crippen LogP contribution in [0.3, 0.4) is 0 Å². The monoisotopic (exact) mass is 374 g/mol. The number of hydrogen-bond acceptors (Lipinski definition) is 6. The normalized spacial score (nSPS) is 11.2. The van der Waals surface area contributed by atoms with Crippen molar-refractivity contribution in [1.82, 2.24) is 19.3 Å². The summed E-state index contributed by atoms with van der Waals surface area (Å²) in [4.78, 5) is 12.7. The predicted molar refractivity (Wildman–Crippen MR) is 99.5 cm³/mol. The van der Waals surface area contributed by atoms with Crippen molar-refractivity contribution >= 4 is 17.5 Å². The molecule has 0 aliphatic heterocycles. The molecular weight excluding hydrogens is 352 g/mol. The molecule has 138 valence electrons. The van der Waals surface area contributed by atoms with E-state index >= 15 is 0 Å². The Kier molecular flexibility index (Phi) is 5.63. The summed E-state index contributed by atoms with van der Waals surface area (Å²) in [7, 11) is 3.54. The van der Waals surface area contributed by atoms with E-state index in [9.17, 15) is 4.79 Å². The number of nitrogens with zero attached hydrogens (tertiary/aromatic N) is 4. The fraction of sp³-hybridized carbons (Fsp3) is 0.389. The Hall–Kier alpha value is -2.32. The molecule has 0 unspecified atom stereocenters. The highest BCUT2D eigenvalue weighted by Gasteiger charge is 2.18. The molecule has 3 aromatic heterocycles. The van der Waals surface area contributed by atoms with E-state index in [-0.39, 0.29) is 5.78 Å². The number of Topliss-reactive ketones (excluding diaryl/α,β-unsaturated/α-hetero) is 1. The smallest absolute Gasteiger partial charge is 0.200 e. The summed E-state index contributed by atoms with van der Waals surface area (Å²) in [5, 5.41) is 8.99. The summed E-state index contributed by atoms with van der Waals surface area (Å²) in [5.74, 6) is 1.68. The first-order valence-corrected chi connectivity index (χ1v) is 9.26. The molecule has 0 saturated heterocycles. The molecule has 7 nitrogen and oxygen atoms in total. The summed E-state index contributed by atoms with van der Waals surface area (Å²) >= 11 is 1.37. The SMILES string of the molecule is COCCn1c(C)cc(C(=O)CSc2nnc(-c3ccco3)n2C)c1C. The molecular formula is C18H22N4O3S. The second-order valence-electron chi connectivity index (χ2n) is 5.98. The van der Waals surface area contributed by atoms with Crippen molar-refractivity contribution in [2.45, 2.75) is 25.5 Å². The van der Waals surface area contributed by atoms with Crippen molar-refractivity contribution in [1.29, 1.82) is 0 Å². The third-order valence-electron chi connectivity index (χ3n) is 4.30. The molecule has 0 spiro atoms. The third-order valence-corrected chi connectivity index (χ3v) is 5.32. The van der Waals surface area contributed by atoms with Gasteiger partial charge in [-0.2, -0.15) is 0 Å². The predicted octanol–water partition coefficient (Wildman–Crippen LogP) is 3.11. The van der Waals surface area contributed by atoms with Crippen LogP contribution in [0.4, 0.5) is 0 Å². The molecule has 0 aromatic carbocycles. The largest absolute Gasteiger partial charge is 0.461 e. The van der Waals surface area contributed by atoms with Gasteiger partial charge in [-0.1, -0.05) is 11.8 Å². The molecule has 26 heavy (non-hydrogen) atoms. The van der Waals surface area contributed by atoms with E-state index in [4.69, 9.17) is 9.15 Å². The van der Waals surface area contributed by atoms with E-state index in [2.05, 4.69) is 14.8 Å². The van der Waals surface area contributed by atoms with Gasteiger partial charge in [-0.25, -0.2) is 0 Å². The van der Waals surface area contributed by atoms with Crippen LogP contribution in [-0.4, -0.2) is 44.6 Å². The van der Waals surface area contributed by atoms with Crippen molar-refractivity contribution in [2.24, 2.45) is 7.05 Å². The van der Waals surface area contributed by atoms with Gasteiger partial charge < -0.3 is 18.3 Å². The Morgan fingerprint density at radius 2 is 2.15 bits per heavy atom. The van der Waals surface area contributed by atoms with E-state index < -0.39 is 0 Å². The average molecular weight is 374 g/mol. The maximum absolute atomic E-state index is 12.7. The van der Waals surface area contributed by atoms with Crippen LogP contribution in [0.5, 0.6) is 0 Å². The lowest BCUT2D eigenvalue weighted by Gasteiger charge is -2.08. The number of furan rings is 1. The second kappa shape index (κ2) is 7.92. The van der Waals surface area contributed by atoms with E-state index in [1.54, 1.807) is 19.4 Å². The zero-order chi connectivity index (χ0) is 18.7. The second-order valence-corrected chi connectivity index (χ2v) is 6.93. The Balaban J connectivity index is 1.70. The van der Waals surface area contributed by atoms with Gasteiger partial charge in [0, 0.05) is 37.7 Å². The molecule has 0 amide bonds. The van der Waals surface area contributed by atoms with Gasteiger partial charge in [0.15, 0.2) is 22.5 Å². The molecule has 0 aliphatic rings. The summed E-state index contributed by atoms with van der Waals surface area (Å²) in [6.07, 6.45) is 1.60. The number of aromatic nitrogens is 4. The summed E-state index contributed by atoms with van der Waals surface area (Å²) in [5.41, 5.74) is 2.78. The van der Waals surface area contributed by atoms with Gasteiger partial charge in [0.1, 0.15) is 0 Å². The standard InChI is InChI=1S/C18H22N4O3S/c1-12-10-14(13(2)22(12)7-9-24-4)15(23)11-26-18-20-19-17(21(18)3)16-6-5-8-25-16/h5-6,8,10H,7,9,11H2,1-4H3. The number of hydrogen-bond donors (Lipinski definition) is 0. The molecule has 0 bridgehead atoms. The minimum Gasteiger partial charge on any atom is -0.461 e. The van der Waals surface area contributed by atoms with Crippen molar-refractivity contribution in [3.63, 3.8) is 0 Å². The first-order valence-electron chi connectivity index (χ1n) is 8.28. The van der Waals surface area contributed by atoms with Gasteiger partial charge >= 0.3 is 0 Å². The number of ether oxygens (including phenoxy) is 1. The molecule has 3 heterocycles. The zero-order valence-electron chi connectivity index (χ0n) is 15.4. The molecule has 8 heteroatoms. The number of aryl methyl sites for hydroxylation is 1. The van der Waals surface area contributed by atoms with Crippen LogP contribution in [0.15, 0.2) is 34.0 Å². The number of methoxy groups -OCH3 is 1. The third kappa shape index (κ3) is 3.61. The van der Waals surface area contributed by atoms with E-state index in [1.807, 2.05) is 37.6 Å². The zero-order valence-corrected chi connectivity index (χ0v) is 16.2. The van der Waals surface area contributed by atoms with E-state index in [0.717, 1.165) is 23.5 Å². The van der Waals surface area contributed by atoms with Crippen molar-refractivity contribution < 1.29 is 13.9 Å². The summed E-state index contributed by atoms with van der Waals surface area (Å²) in [6, 6.07) is 5.58. The molecule has 0 fully saturated rings. The highest BCUT2D eigenvalue weighted by atomic mass is 32.2. The minimum atomic E-state index is 0.0781.